The molecular formula is C53H86N2O8. The van der Waals surface area contributed by atoms with Gasteiger partial charge in [0.2, 0.25) is 11.8 Å². The van der Waals surface area contributed by atoms with E-state index in [1.165, 1.54) is 0 Å². The van der Waals surface area contributed by atoms with Gasteiger partial charge in [-0.1, -0.05) is 41.5 Å². The Labute approximate surface area is 379 Å². The fourth-order valence-corrected chi connectivity index (χ4v) is 18.8. The van der Waals surface area contributed by atoms with Crippen LogP contribution in [0.3, 0.4) is 0 Å². The molecule has 0 bridgehead atoms. The monoisotopic (exact) mass is 879 g/mol. The Morgan fingerprint density at radius 3 is 1.25 bits per heavy atom. The number of carbonyl (C=O) groups excluding carboxylic acids is 2. The molecule has 0 saturated heterocycles. The Kier molecular flexibility index (Phi) is 13.6. The lowest BCUT2D eigenvalue weighted by atomic mass is 9.43. The molecule has 0 aromatic rings. The summed E-state index contributed by atoms with van der Waals surface area (Å²) in [6.45, 7) is 14.4. The van der Waals surface area contributed by atoms with Crippen LogP contribution < -0.4 is 10.6 Å². The first-order valence-electron chi connectivity index (χ1n) is 26.2. The summed E-state index contributed by atoms with van der Waals surface area (Å²) in [7, 11) is 0. The highest BCUT2D eigenvalue weighted by atomic mass is 16.4. The van der Waals surface area contributed by atoms with Gasteiger partial charge in [0.05, 0.1) is 12.2 Å². The van der Waals surface area contributed by atoms with Crippen LogP contribution in [0, 0.1) is 92.7 Å². The number of aliphatic carboxylic acids is 2. The Balaban J connectivity index is 0.775. The fourth-order valence-electron chi connectivity index (χ4n) is 18.8. The summed E-state index contributed by atoms with van der Waals surface area (Å²) in [5.74, 6) is 3.77. The molecule has 0 aliphatic heterocycles. The molecule has 8 aliphatic carbocycles. The van der Waals surface area contributed by atoms with E-state index in [0.29, 0.717) is 90.3 Å². The summed E-state index contributed by atoms with van der Waals surface area (Å²) >= 11 is 0. The summed E-state index contributed by atoms with van der Waals surface area (Å²) in [6.07, 6.45) is 19.1. The lowest BCUT2D eigenvalue weighted by molar-refractivity contribution is -0.167. The highest BCUT2D eigenvalue weighted by Crippen LogP contribution is 2.70. The SMILES string of the molecule is C[C@H](CCC(=O)O)[C@H]1CC[C@H]2[C@@H]3[C@@H](O)CC4CC(NC(=O)CCCC(=O)NC5CC[C@@]6(C)C(C5)C[C@H](O)[C@H]5[C@@H]7CC[C@H]([C@H](C)CCC(=O)O)[C@@]7(C)CC[C@@H]56)CC[C@]4(C)[C@H]3CC[C@]12C. The highest BCUT2D eigenvalue weighted by Gasteiger charge is 2.65. The minimum absolute atomic E-state index is 0.0270. The molecule has 8 saturated carbocycles. The van der Waals surface area contributed by atoms with Crippen molar-refractivity contribution in [2.24, 2.45) is 92.7 Å². The third-order valence-electron chi connectivity index (χ3n) is 22.1. The first-order valence-corrected chi connectivity index (χ1v) is 26.2. The van der Waals surface area contributed by atoms with Crippen LogP contribution in [0.1, 0.15) is 189 Å². The molecule has 10 nitrogen and oxygen atoms in total. The van der Waals surface area contributed by atoms with Crippen LogP contribution >= 0.6 is 0 Å². The number of aliphatic hydroxyl groups excluding tert-OH is 2. The Morgan fingerprint density at radius 1 is 0.508 bits per heavy atom. The van der Waals surface area contributed by atoms with E-state index in [4.69, 9.17) is 0 Å². The van der Waals surface area contributed by atoms with Gasteiger partial charge in [-0.25, -0.2) is 0 Å². The molecular weight excluding hydrogens is 793 g/mol. The Morgan fingerprint density at radius 2 is 0.873 bits per heavy atom. The standard InChI is InChI=1S/C53H86N2O8/c1-30(10-16-46(60)61)36-12-14-38-48-40(20-24-52(36,38)5)50(3)22-18-34(26-32(50)28-42(48)56)54-44(58)8-7-9-45(59)55-35-19-23-51(4)33(27-35)29-43(57)49-39-15-13-37(31(2)11-17-47(62)63)53(39,6)25-21-41(49)51/h30-43,48-49,56-57H,7-29H2,1-6H3,(H,54,58)(H,55,59)(H,60,61)(H,62,63)/t30-,31-,32?,33?,34?,35?,36-,37-,38+,39+,40+,41+,42+,43+,48+,49+,50+,51+,52-,53-/m1/s1. The zero-order chi connectivity index (χ0) is 45.2. The first-order chi connectivity index (χ1) is 29.8. The van der Waals surface area contributed by atoms with Crippen LogP contribution in [0.5, 0.6) is 0 Å². The van der Waals surface area contributed by atoms with E-state index in [-0.39, 0.29) is 70.6 Å². The second-order valence-electron chi connectivity index (χ2n) is 24.8. The van der Waals surface area contributed by atoms with Crippen LogP contribution in [-0.2, 0) is 19.2 Å². The number of nitrogens with one attached hydrogen (secondary N) is 2. The molecule has 0 aromatic carbocycles. The number of carbonyl (C=O) groups is 4. The van der Waals surface area contributed by atoms with Crippen molar-refractivity contribution >= 4 is 23.8 Å². The van der Waals surface area contributed by atoms with Crippen molar-refractivity contribution < 1.29 is 39.6 Å². The maximum absolute atomic E-state index is 13.3. The van der Waals surface area contributed by atoms with Crippen molar-refractivity contribution in [1.82, 2.24) is 10.6 Å². The van der Waals surface area contributed by atoms with Gasteiger partial charge in [-0.2, -0.15) is 0 Å². The maximum atomic E-state index is 13.3. The summed E-state index contributed by atoms with van der Waals surface area (Å²) in [5, 5.41) is 49.1. The minimum atomic E-state index is -0.709. The van der Waals surface area contributed by atoms with Gasteiger partial charge in [0.25, 0.3) is 0 Å². The molecule has 0 heterocycles. The molecule has 0 spiro atoms. The largest absolute Gasteiger partial charge is 0.481 e. The molecule has 63 heavy (non-hydrogen) atoms. The average molecular weight is 879 g/mol. The minimum Gasteiger partial charge on any atom is -0.481 e. The van der Waals surface area contributed by atoms with Gasteiger partial charge >= 0.3 is 11.9 Å². The van der Waals surface area contributed by atoms with E-state index in [2.05, 4.69) is 52.2 Å². The molecule has 8 aliphatic rings. The van der Waals surface area contributed by atoms with Gasteiger partial charge in [0.15, 0.2) is 0 Å². The predicted octanol–water partition coefficient (Wildman–Crippen LogP) is 9.39. The van der Waals surface area contributed by atoms with Crippen LogP contribution in [0.25, 0.3) is 0 Å². The number of hydrogen-bond acceptors (Lipinski definition) is 6. The average Bonchev–Trinajstić information content (AvgIpc) is 3.77. The number of fused-ring (bicyclic) bond motifs is 10. The summed E-state index contributed by atoms with van der Waals surface area (Å²) in [4.78, 5) is 49.3. The second kappa shape index (κ2) is 18.1. The molecule has 0 aromatic heterocycles. The fraction of sp³-hybridized carbons (Fsp3) is 0.925. The number of amides is 2. The van der Waals surface area contributed by atoms with E-state index in [1.54, 1.807) is 0 Å². The van der Waals surface area contributed by atoms with E-state index < -0.39 is 11.9 Å². The second-order valence-corrected chi connectivity index (χ2v) is 24.8. The van der Waals surface area contributed by atoms with E-state index in [1.807, 2.05) is 0 Å². The van der Waals surface area contributed by atoms with Crippen LogP contribution in [0.15, 0.2) is 0 Å². The summed E-state index contributed by atoms with van der Waals surface area (Å²) < 4.78 is 0. The molecule has 8 rings (SSSR count). The highest BCUT2D eigenvalue weighted by molar-refractivity contribution is 5.79. The zero-order valence-corrected chi connectivity index (χ0v) is 39.9. The van der Waals surface area contributed by atoms with Crippen molar-refractivity contribution in [2.75, 3.05) is 0 Å². The van der Waals surface area contributed by atoms with Crippen LogP contribution in [0.2, 0.25) is 0 Å². The van der Waals surface area contributed by atoms with Crippen molar-refractivity contribution in [3.63, 3.8) is 0 Å². The number of carboxylic acids is 2. The van der Waals surface area contributed by atoms with Crippen LogP contribution in [0.4, 0.5) is 0 Å². The van der Waals surface area contributed by atoms with E-state index >= 15 is 0 Å². The molecule has 0 radical (unpaired) electrons. The number of hydrogen-bond donors (Lipinski definition) is 6. The lowest BCUT2D eigenvalue weighted by Gasteiger charge is -2.62. The van der Waals surface area contributed by atoms with Gasteiger partial charge in [0, 0.05) is 37.8 Å². The van der Waals surface area contributed by atoms with E-state index in [0.717, 1.165) is 116 Å². The Bertz CT molecular complexity index is 1590. The quantitative estimate of drug-likeness (QED) is 0.100. The summed E-state index contributed by atoms with van der Waals surface area (Å²) in [6, 6.07) is 0.214. The number of rotatable bonds is 14. The predicted molar refractivity (Wildman–Crippen MR) is 243 cm³/mol. The molecule has 20 atom stereocenters. The number of aliphatic hydroxyl groups is 2. The van der Waals surface area contributed by atoms with E-state index in [9.17, 15) is 39.6 Å². The van der Waals surface area contributed by atoms with Gasteiger partial charge in [0.1, 0.15) is 0 Å². The summed E-state index contributed by atoms with van der Waals surface area (Å²) in [5.41, 5.74) is 0.650. The normalized spacial score (nSPS) is 47.3. The molecule has 8 fully saturated rings. The molecule has 2 amide bonds. The van der Waals surface area contributed by atoms with Crippen molar-refractivity contribution in [3.8, 4) is 0 Å². The first kappa shape index (κ1) is 47.3. The van der Waals surface area contributed by atoms with Gasteiger partial charge in [-0.3, -0.25) is 19.2 Å². The third-order valence-corrected chi connectivity index (χ3v) is 22.1. The van der Waals surface area contributed by atoms with Crippen LogP contribution in [-0.4, -0.2) is 68.5 Å². The smallest absolute Gasteiger partial charge is 0.303 e. The zero-order valence-electron chi connectivity index (χ0n) is 39.9. The maximum Gasteiger partial charge on any atom is 0.303 e. The molecule has 4 unspecified atom stereocenters. The lowest BCUT2D eigenvalue weighted by Crippen LogP contribution is -2.59. The van der Waals surface area contributed by atoms with Crippen molar-refractivity contribution in [3.05, 3.63) is 0 Å². The molecule has 6 N–H and O–H groups in total. The molecule has 10 heteroatoms. The van der Waals surface area contributed by atoms with Gasteiger partial charge in [-0.05, 0) is 215 Å². The van der Waals surface area contributed by atoms with Gasteiger partial charge in [-0.15, -0.1) is 0 Å². The van der Waals surface area contributed by atoms with Crippen molar-refractivity contribution in [2.45, 2.75) is 214 Å². The number of carboxylic acid groups (broad SMARTS) is 2. The topological polar surface area (TPSA) is 173 Å². The van der Waals surface area contributed by atoms with Gasteiger partial charge < -0.3 is 31.1 Å². The van der Waals surface area contributed by atoms with Crippen molar-refractivity contribution in [1.29, 1.82) is 0 Å². The Hall–Kier alpha value is -2.20. The molecule has 356 valence electrons. The third kappa shape index (κ3) is 8.67.